The van der Waals surface area contributed by atoms with Crippen LogP contribution in [0.2, 0.25) is 0 Å². The fourth-order valence-electron chi connectivity index (χ4n) is 5.21. The first kappa shape index (κ1) is 48.6. The molecule has 1 aromatic rings. The molecule has 3 aliphatic rings. The number of imide groups is 1. The summed E-state index contributed by atoms with van der Waals surface area (Å²) >= 11 is 0.688. The lowest BCUT2D eigenvalue weighted by atomic mass is 10.0. The molecule has 0 radical (unpaired) electrons. The van der Waals surface area contributed by atoms with Crippen LogP contribution in [0, 0.1) is 0 Å². The molecule has 2 saturated heterocycles. The Labute approximate surface area is 324 Å². The van der Waals surface area contributed by atoms with E-state index >= 15 is 0 Å². The number of likely N-dealkylation sites (tertiary alicyclic amines) is 1. The third kappa shape index (κ3) is 17.7. The number of hydrogen-bond acceptors (Lipinski definition) is 15. The van der Waals surface area contributed by atoms with Crippen LogP contribution in [0.4, 0.5) is 0 Å². The Bertz CT molecular complexity index is 1410. The molecule has 2 fully saturated rings. The maximum absolute atomic E-state index is 12.5. The maximum Gasteiger partial charge on any atom is 0.333 e. The number of carboxylic acid groups (broad SMARTS) is 1. The summed E-state index contributed by atoms with van der Waals surface area (Å²) in [6.45, 7) is 8.58. The Morgan fingerprint density at radius 1 is 1.09 bits per heavy atom. The number of hydrogen-bond donors (Lipinski definition) is 6. The van der Waals surface area contributed by atoms with Crippen LogP contribution in [-0.4, -0.2) is 130 Å². The highest BCUT2D eigenvalue weighted by Gasteiger charge is 2.41. The van der Waals surface area contributed by atoms with Gasteiger partial charge in [0.15, 0.2) is 6.10 Å². The topological polar surface area (TPSA) is 265 Å². The standard InChI is InChI=1S/C29H42N2O12S.C4H3NO2.C2H6.CH2O/c1-2-26(35)41-16-19-7-6-18(13-22(19)42-29-27(36)21(32)14-23(43-29)28(37)38)5-3-4-10-30-24(33)15-31-20(8-9-25(31)34)17-40-11-12-44-39;6-3-1-2-4(7)5-3;2*1-2/h6-7,13,20-21,23,27,29,32,36,39H,2-5,8-12,14-17H2,1H3,(H,30,33)(H,37,38);1-2H,(H,5,6,7);1-2H3;1H2/t20-,21?,23?,27+,29?;;;/m0.../s1. The van der Waals surface area contributed by atoms with Crippen LogP contribution >= 0.6 is 12.0 Å². The minimum Gasteiger partial charge on any atom is -0.479 e. The monoisotopic (exact) mass is 799 g/mol. The number of unbranched alkanes of at least 4 members (excludes halogenated alkanes) is 1. The van der Waals surface area contributed by atoms with Gasteiger partial charge in [-0.1, -0.05) is 32.9 Å². The van der Waals surface area contributed by atoms with Crippen molar-refractivity contribution in [3.8, 4) is 5.75 Å². The van der Waals surface area contributed by atoms with Crippen LogP contribution in [0.5, 0.6) is 5.75 Å². The number of benzene rings is 1. The van der Waals surface area contributed by atoms with Gasteiger partial charge in [0.2, 0.25) is 18.1 Å². The molecule has 18 nitrogen and oxygen atoms in total. The molecule has 308 valence electrons. The molecule has 6 N–H and O–H groups in total. The van der Waals surface area contributed by atoms with Crippen LogP contribution in [0.15, 0.2) is 30.4 Å². The third-order valence-corrected chi connectivity index (χ3v) is 8.35. The van der Waals surface area contributed by atoms with Gasteiger partial charge in [0, 0.05) is 49.3 Å². The Balaban J connectivity index is 0.00000120. The number of carboxylic acids is 1. The van der Waals surface area contributed by atoms with E-state index in [2.05, 4.69) is 5.32 Å². The molecule has 3 heterocycles. The molecule has 3 unspecified atom stereocenters. The highest BCUT2D eigenvalue weighted by atomic mass is 32.2. The number of amides is 4. The first-order chi connectivity index (χ1) is 26.4. The van der Waals surface area contributed by atoms with Crippen LogP contribution < -0.4 is 15.4 Å². The van der Waals surface area contributed by atoms with Gasteiger partial charge in [-0.3, -0.25) is 29.3 Å². The minimum absolute atomic E-state index is 0.0428. The Kier molecular flexibility index (Phi) is 24.1. The molecular formula is C36H53N3O15S. The van der Waals surface area contributed by atoms with Crippen molar-refractivity contribution >= 4 is 54.4 Å². The maximum atomic E-state index is 12.5. The van der Waals surface area contributed by atoms with E-state index in [0.717, 1.165) is 5.56 Å². The molecule has 0 saturated carbocycles. The quantitative estimate of drug-likeness (QED) is 0.0526. The Morgan fingerprint density at radius 3 is 2.38 bits per heavy atom. The largest absolute Gasteiger partial charge is 0.479 e. The molecule has 0 aliphatic carbocycles. The van der Waals surface area contributed by atoms with E-state index in [-0.39, 0.29) is 61.4 Å². The van der Waals surface area contributed by atoms with E-state index in [0.29, 0.717) is 75.2 Å². The lowest BCUT2D eigenvalue weighted by molar-refractivity contribution is -0.238. The van der Waals surface area contributed by atoms with Crippen LogP contribution in [-0.2, 0) is 60.8 Å². The minimum atomic E-state index is -1.49. The lowest BCUT2D eigenvalue weighted by Gasteiger charge is -2.35. The molecule has 55 heavy (non-hydrogen) atoms. The number of nitrogens with one attached hydrogen (secondary N) is 2. The van der Waals surface area contributed by atoms with Crippen molar-refractivity contribution in [1.82, 2.24) is 15.5 Å². The number of carbonyl (C=O) groups is 7. The fraction of sp³-hybridized carbons (Fsp3) is 0.583. The van der Waals surface area contributed by atoms with Gasteiger partial charge in [0.1, 0.15) is 25.2 Å². The third-order valence-electron chi connectivity index (χ3n) is 8.00. The summed E-state index contributed by atoms with van der Waals surface area (Å²) in [4.78, 5) is 77.5. The van der Waals surface area contributed by atoms with Crippen molar-refractivity contribution in [3.05, 3.63) is 41.5 Å². The van der Waals surface area contributed by atoms with Crippen molar-refractivity contribution in [3.63, 3.8) is 0 Å². The number of esters is 1. The van der Waals surface area contributed by atoms with Gasteiger partial charge in [-0.05, 0) is 49.4 Å². The molecule has 4 rings (SSSR count). The van der Waals surface area contributed by atoms with Crippen molar-refractivity contribution in [1.29, 1.82) is 0 Å². The van der Waals surface area contributed by atoms with Gasteiger partial charge >= 0.3 is 11.9 Å². The second-order valence-corrected chi connectivity index (χ2v) is 12.5. The number of aryl methyl sites for hydroxylation is 1. The number of aliphatic hydroxyl groups excluding tert-OH is 2. The summed E-state index contributed by atoms with van der Waals surface area (Å²) < 4.78 is 30.7. The SMILES string of the molecule is C=O.CC.CCC(=O)OCc1ccc(CCCCNC(=O)CN2C(=O)CC[C@H]2COCCSO)cc1OC1OC(C(=O)O)CC(O)[C@H]1O.O=C1C=CC(=O)N1. The summed E-state index contributed by atoms with van der Waals surface area (Å²) in [5.41, 5.74) is 1.31. The van der Waals surface area contributed by atoms with Gasteiger partial charge < -0.3 is 53.8 Å². The zero-order valence-electron chi connectivity index (χ0n) is 31.3. The molecule has 1 aromatic carbocycles. The number of nitrogens with zero attached hydrogens (tertiary/aromatic N) is 1. The normalized spacial score (nSPS) is 21.2. The first-order valence-electron chi connectivity index (χ1n) is 17.8. The van der Waals surface area contributed by atoms with E-state index in [4.69, 9.17) is 28.3 Å². The van der Waals surface area contributed by atoms with Gasteiger partial charge in [-0.15, -0.1) is 0 Å². The van der Waals surface area contributed by atoms with Crippen LogP contribution in [0.25, 0.3) is 0 Å². The van der Waals surface area contributed by atoms with Crippen molar-refractivity contribution in [2.75, 3.05) is 32.1 Å². The summed E-state index contributed by atoms with van der Waals surface area (Å²) in [5.74, 6) is -2.07. The second-order valence-electron chi connectivity index (χ2n) is 11.8. The molecule has 0 bridgehead atoms. The summed E-state index contributed by atoms with van der Waals surface area (Å²) in [6, 6.07) is 5.04. The first-order valence-corrected chi connectivity index (χ1v) is 18.8. The van der Waals surface area contributed by atoms with E-state index in [9.17, 15) is 44.1 Å². The van der Waals surface area contributed by atoms with Gasteiger partial charge in [0.25, 0.3) is 11.8 Å². The predicted molar refractivity (Wildman–Crippen MR) is 197 cm³/mol. The Hall–Kier alpha value is -4.40. The molecule has 3 aliphatic heterocycles. The zero-order valence-corrected chi connectivity index (χ0v) is 32.1. The number of aliphatic carboxylic acids is 1. The second kappa shape index (κ2) is 27.2. The molecule has 0 spiro atoms. The predicted octanol–water partition coefficient (Wildman–Crippen LogP) is 1.13. The smallest absolute Gasteiger partial charge is 0.333 e. The van der Waals surface area contributed by atoms with Crippen LogP contribution in [0.3, 0.4) is 0 Å². The summed E-state index contributed by atoms with van der Waals surface area (Å²) in [5, 5.41) is 34.7. The number of ether oxygens (including phenoxy) is 4. The number of aliphatic hydroxyl groups is 2. The van der Waals surface area contributed by atoms with E-state index < -0.39 is 36.5 Å². The zero-order chi connectivity index (χ0) is 41.3. The highest BCUT2D eigenvalue weighted by molar-refractivity contribution is 7.93. The lowest BCUT2D eigenvalue weighted by Crippen LogP contribution is -2.52. The average Bonchev–Trinajstić information content (AvgIpc) is 3.74. The highest BCUT2D eigenvalue weighted by Crippen LogP contribution is 2.29. The molecule has 4 amide bonds. The molecule has 0 aromatic heterocycles. The molecular weight excluding hydrogens is 746 g/mol. The van der Waals surface area contributed by atoms with E-state index in [1.807, 2.05) is 32.0 Å². The number of rotatable bonds is 18. The summed E-state index contributed by atoms with van der Waals surface area (Å²) in [6.07, 6.45) is -0.487. The summed E-state index contributed by atoms with van der Waals surface area (Å²) in [7, 11) is 0. The van der Waals surface area contributed by atoms with Crippen molar-refractivity contribution in [2.24, 2.45) is 0 Å². The van der Waals surface area contributed by atoms with Crippen molar-refractivity contribution < 1.29 is 72.4 Å². The van der Waals surface area contributed by atoms with Gasteiger partial charge in [-0.2, -0.15) is 0 Å². The Morgan fingerprint density at radius 2 is 1.78 bits per heavy atom. The number of carbonyl (C=O) groups excluding carboxylic acids is 6. The fourth-order valence-corrected chi connectivity index (χ4v) is 5.40. The van der Waals surface area contributed by atoms with E-state index in [1.54, 1.807) is 19.1 Å². The average molecular weight is 800 g/mol. The van der Waals surface area contributed by atoms with E-state index in [1.165, 1.54) is 17.1 Å². The van der Waals surface area contributed by atoms with Gasteiger partial charge in [-0.25, -0.2) is 4.79 Å². The van der Waals surface area contributed by atoms with Gasteiger partial charge in [0.05, 0.1) is 31.9 Å². The molecule has 19 heteroatoms. The van der Waals surface area contributed by atoms with Crippen LogP contribution in [0.1, 0.15) is 70.4 Å². The molecule has 5 atom stereocenters. The van der Waals surface area contributed by atoms with Crippen molar-refractivity contribution in [2.45, 2.75) is 103 Å².